The Bertz CT molecular complexity index is 1110. The lowest BCUT2D eigenvalue weighted by molar-refractivity contribution is 0.179. The van der Waals surface area contributed by atoms with E-state index in [0.717, 1.165) is 5.57 Å². The molecule has 1 aromatic carbocycles. The molecule has 0 aliphatic carbocycles. The van der Waals surface area contributed by atoms with Gasteiger partial charge in [-0.2, -0.15) is 9.97 Å². The highest BCUT2D eigenvalue weighted by Crippen LogP contribution is 2.25. The number of halogens is 1. The van der Waals surface area contributed by atoms with E-state index < -0.39 is 12.1 Å². The molecule has 1 fully saturated rings. The number of cyclic esters (lactones) is 1. The number of anilines is 2. The van der Waals surface area contributed by atoms with Crippen LogP contribution < -0.4 is 10.2 Å². The average Bonchev–Trinajstić information content (AvgIpc) is 3.36. The molecular formula is C21H21FN6O3. The Kier molecular flexibility index (Phi) is 5.61. The van der Waals surface area contributed by atoms with Crippen molar-refractivity contribution in [2.45, 2.75) is 32.9 Å². The number of rotatable bonds is 6. The molecule has 1 N–H and O–H groups in total. The van der Waals surface area contributed by atoms with Crippen LogP contribution in [0.5, 0.6) is 0 Å². The second-order valence-corrected chi connectivity index (χ2v) is 7.33. The fraction of sp³-hybridized carbons (Fsp3) is 0.286. The van der Waals surface area contributed by atoms with Gasteiger partial charge in [0.2, 0.25) is 17.7 Å². The lowest BCUT2D eigenvalue weighted by Crippen LogP contribution is -2.33. The van der Waals surface area contributed by atoms with Crippen LogP contribution in [0.4, 0.5) is 21.0 Å². The van der Waals surface area contributed by atoms with Crippen LogP contribution in [-0.2, 0) is 4.74 Å². The average molecular weight is 424 g/mol. The Morgan fingerprint density at radius 2 is 2.03 bits per heavy atom. The van der Waals surface area contributed by atoms with Gasteiger partial charge in [0.05, 0.1) is 6.04 Å². The summed E-state index contributed by atoms with van der Waals surface area (Å²) in [7, 11) is 0. The first kappa shape index (κ1) is 20.5. The second-order valence-electron chi connectivity index (χ2n) is 7.33. The van der Waals surface area contributed by atoms with Crippen molar-refractivity contribution in [2.24, 2.45) is 0 Å². The predicted octanol–water partition coefficient (Wildman–Crippen LogP) is 4.13. The maximum atomic E-state index is 13.1. The van der Waals surface area contributed by atoms with Gasteiger partial charge in [-0.15, -0.1) is 0 Å². The number of aromatic nitrogens is 4. The highest BCUT2D eigenvalue weighted by Gasteiger charge is 2.34. The minimum atomic E-state index is -0.457. The van der Waals surface area contributed by atoms with Gasteiger partial charge >= 0.3 is 6.09 Å². The molecule has 2 aromatic heterocycles. The standard InChI is InChI=1S/C21H21FN6O3/c1-12(2)10-16-11-30-21(29)28(16)17-8-9-23-20(25-17)24-13(3)19-26-18(27-31-19)14-4-6-15(22)7-5-14/h4-10,13,16H,11H2,1-3H3,(H,23,24,25). The summed E-state index contributed by atoms with van der Waals surface area (Å²) >= 11 is 0. The Labute approximate surface area is 178 Å². The monoisotopic (exact) mass is 424 g/mol. The maximum absolute atomic E-state index is 13.1. The number of nitrogens with zero attached hydrogens (tertiary/aromatic N) is 5. The quantitative estimate of drug-likeness (QED) is 0.589. The van der Waals surface area contributed by atoms with E-state index in [1.807, 2.05) is 26.8 Å². The van der Waals surface area contributed by atoms with Crippen molar-refractivity contribution in [1.82, 2.24) is 20.1 Å². The molecule has 10 heteroatoms. The van der Waals surface area contributed by atoms with Crippen molar-refractivity contribution in [2.75, 3.05) is 16.8 Å². The van der Waals surface area contributed by atoms with E-state index >= 15 is 0 Å². The Morgan fingerprint density at radius 3 is 2.77 bits per heavy atom. The van der Waals surface area contributed by atoms with Crippen molar-refractivity contribution < 1.29 is 18.4 Å². The smallest absolute Gasteiger partial charge is 0.416 e. The lowest BCUT2D eigenvalue weighted by atomic mass is 10.2. The van der Waals surface area contributed by atoms with Gasteiger partial charge < -0.3 is 14.6 Å². The molecule has 0 bridgehead atoms. The summed E-state index contributed by atoms with van der Waals surface area (Å²) in [6, 6.07) is 6.83. The topological polar surface area (TPSA) is 106 Å². The molecule has 3 heterocycles. The van der Waals surface area contributed by atoms with Gasteiger partial charge in [0.1, 0.15) is 24.3 Å². The zero-order chi connectivity index (χ0) is 22.0. The first-order chi connectivity index (χ1) is 14.9. The summed E-state index contributed by atoms with van der Waals surface area (Å²) in [6.07, 6.45) is 3.06. The zero-order valence-electron chi connectivity index (χ0n) is 17.2. The van der Waals surface area contributed by atoms with Gasteiger partial charge in [0, 0.05) is 11.8 Å². The van der Waals surface area contributed by atoms with Crippen molar-refractivity contribution in [1.29, 1.82) is 0 Å². The van der Waals surface area contributed by atoms with Gasteiger partial charge in [-0.3, -0.25) is 4.90 Å². The molecule has 1 aliphatic rings. The third-order valence-electron chi connectivity index (χ3n) is 4.58. The summed E-state index contributed by atoms with van der Waals surface area (Å²) < 4.78 is 23.6. The van der Waals surface area contributed by atoms with Crippen LogP contribution >= 0.6 is 0 Å². The SMILES string of the molecule is CC(C)=CC1COC(=O)N1c1ccnc(NC(C)c2nc(-c3ccc(F)cc3)no2)n1. The number of hydrogen-bond donors (Lipinski definition) is 1. The van der Waals surface area contributed by atoms with Gasteiger partial charge in [-0.25, -0.2) is 14.2 Å². The summed E-state index contributed by atoms with van der Waals surface area (Å²) in [5, 5.41) is 7.04. The number of ether oxygens (including phenoxy) is 1. The summed E-state index contributed by atoms with van der Waals surface area (Å²) in [5.41, 5.74) is 1.71. The van der Waals surface area contributed by atoms with Crippen molar-refractivity contribution in [3.8, 4) is 11.4 Å². The molecule has 1 aliphatic heterocycles. The molecule has 31 heavy (non-hydrogen) atoms. The van der Waals surface area contributed by atoms with E-state index in [1.165, 1.54) is 17.0 Å². The molecule has 160 valence electrons. The van der Waals surface area contributed by atoms with Crippen LogP contribution in [0.3, 0.4) is 0 Å². The van der Waals surface area contributed by atoms with Crippen LogP contribution in [0, 0.1) is 5.82 Å². The highest BCUT2D eigenvalue weighted by molar-refractivity contribution is 5.89. The number of nitrogens with one attached hydrogen (secondary N) is 1. The number of carbonyl (C=O) groups excluding carboxylic acids is 1. The summed E-state index contributed by atoms with van der Waals surface area (Å²) in [5.74, 6) is 1.04. The van der Waals surface area contributed by atoms with Gasteiger partial charge in [-0.05, 0) is 51.1 Å². The molecule has 0 radical (unpaired) electrons. The van der Waals surface area contributed by atoms with E-state index in [9.17, 15) is 9.18 Å². The third-order valence-corrected chi connectivity index (χ3v) is 4.58. The molecule has 4 rings (SSSR count). The van der Waals surface area contributed by atoms with E-state index in [0.29, 0.717) is 29.0 Å². The van der Waals surface area contributed by atoms with Crippen molar-refractivity contribution >= 4 is 17.9 Å². The van der Waals surface area contributed by atoms with Crippen molar-refractivity contribution in [3.05, 3.63) is 59.9 Å². The predicted molar refractivity (Wildman–Crippen MR) is 111 cm³/mol. The molecule has 2 unspecified atom stereocenters. The van der Waals surface area contributed by atoms with E-state index in [2.05, 4.69) is 25.4 Å². The highest BCUT2D eigenvalue weighted by atomic mass is 19.1. The van der Waals surface area contributed by atoms with Gasteiger partial charge in [0.15, 0.2) is 0 Å². The van der Waals surface area contributed by atoms with Gasteiger partial charge in [-0.1, -0.05) is 16.8 Å². The lowest BCUT2D eigenvalue weighted by Gasteiger charge is -2.19. The fourth-order valence-corrected chi connectivity index (χ4v) is 3.14. The fourth-order valence-electron chi connectivity index (χ4n) is 3.14. The molecule has 1 saturated heterocycles. The number of hydrogen-bond acceptors (Lipinski definition) is 8. The normalized spacial score (nSPS) is 16.7. The van der Waals surface area contributed by atoms with Crippen LogP contribution in [0.2, 0.25) is 0 Å². The van der Waals surface area contributed by atoms with Crippen LogP contribution in [0.25, 0.3) is 11.4 Å². The first-order valence-corrected chi connectivity index (χ1v) is 9.71. The number of carbonyl (C=O) groups is 1. The van der Waals surface area contributed by atoms with Gasteiger partial charge in [0.25, 0.3) is 0 Å². The van der Waals surface area contributed by atoms with E-state index in [4.69, 9.17) is 9.26 Å². The van der Waals surface area contributed by atoms with Crippen LogP contribution in [0.15, 0.2) is 52.7 Å². The molecule has 0 spiro atoms. The molecular weight excluding hydrogens is 403 g/mol. The number of benzene rings is 1. The number of allylic oxidation sites excluding steroid dienone is 1. The first-order valence-electron chi connectivity index (χ1n) is 9.71. The molecule has 3 aromatic rings. The van der Waals surface area contributed by atoms with Crippen LogP contribution in [0.1, 0.15) is 32.7 Å². The second kappa shape index (κ2) is 8.50. The molecule has 1 amide bonds. The Morgan fingerprint density at radius 1 is 1.26 bits per heavy atom. The third kappa shape index (κ3) is 4.52. The minimum Gasteiger partial charge on any atom is -0.447 e. The Balaban J connectivity index is 1.51. The van der Waals surface area contributed by atoms with E-state index in [-0.39, 0.29) is 18.5 Å². The summed E-state index contributed by atoms with van der Waals surface area (Å²) in [6.45, 7) is 6.00. The molecule has 0 saturated carbocycles. The molecule has 9 nitrogen and oxygen atoms in total. The Hall–Kier alpha value is -3.82. The van der Waals surface area contributed by atoms with E-state index in [1.54, 1.807) is 24.4 Å². The summed E-state index contributed by atoms with van der Waals surface area (Å²) in [4.78, 5) is 26.7. The maximum Gasteiger partial charge on any atom is 0.416 e. The number of amides is 1. The van der Waals surface area contributed by atoms with Crippen molar-refractivity contribution in [3.63, 3.8) is 0 Å². The minimum absolute atomic E-state index is 0.230. The van der Waals surface area contributed by atoms with Crippen LogP contribution in [-0.4, -0.2) is 38.9 Å². The molecule has 2 atom stereocenters. The zero-order valence-corrected chi connectivity index (χ0v) is 17.2. The largest absolute Gasteiger partial charge is 0.447 e.